The van der Waals surface area contributed by atoms with Gasteiger partial charge in [0, 0.05) is 50.4 Å². The molecule has 5 aliphatic rings. The van der Waals surface area contributed by atoms with Gasteiger partial charge in [-0.05, 0) is 12.8 Å². The third-order valence-corrected chi connectivity index (χ3v) is 12.8. The van der Waals surface area contributed by atoms with Gasteiger partial charge in [0.05, 0.1) is 5.41 Å². The highest BCUT2D eigenvalue weighted by molar-refractivity contribution is 7.92. The van der Waals surface area contributed by atoms with Gasteiger partial charge in [0.25, 0.3) is 26.0 Å². The van der Waals surface area contributed by atoms with Gasteiger partial charge >= 0.3 is 0 Å². The van der Waals surface area contributed by atoms with Gasteiger partial charge < -0.3 is 5.73 Å². The van der Waals surface area contributed by atoms with Crippen molar-refractivity contribution in [1.29, 1.82) is 0 Å². The van der Waals surface area contributed by atoms with E-state index in [0.29, 0.717) is 0 Å². The van der Waals surface area contributed by atoms with Crippen LogP contribution in [0.4, 0.5) is 30.7 Å². The lowest BCUT2D eigenvalue weighted by atomic mass is 10.1. The van der Waals surface area contributed by atoms with Gasteiger partial charge in [-0.3, -0.25) is 9.59 Å². The molecule has 23 heteroatoms. The van der Waals surface area contributed by atoms with E-state index in [-0.39, 0.29) is 86.1 Å². The smallest absolute Gasteiger partial charge is 0.270 e. The summed E-state index contributed by atoms with van der Waals surface area (Å²) in [6.07, 6.45) is -6.46. The molecule has 0 unspecified atom stereocenters. The molecule has 0 aromatic carbocycles. The number of amides is 2. The minimum atomic E-state index is -4.47. The first-order valence-corrected chi connectivity index (χ1v) is 16.8. The van der Waals surface area contributed by atoms with Crippen LogP contribution < -0.4 is 20.3 Å². The Balaban J connectivity index is 0. The van der Waals surface area contributed by atoms with Crippen LogP contribution in [0.15, 0.2) is 0 Å². The second-order valence-electron chi connectivity index (χ2n) is 11.3. The molecular weight excluding hydrogens is 725 g/mol. The van der Waals surface area contributed by atoms with Crippen molar-refractivity contribution in [3.63, 3.8) is 0 Å². The highest BCUT2D eigenvalue weighted by Crippen LogP contribution is 2.56. The molecule has 0 aromatic heterocycles. The van der Waals surface area contributed by atoms with Gasteiger partial charge in [-0.1, -0.05) is 29.2 Å². The summed E-state index contributed by atoms with van der Waals surface area (Å²) in [6.45, 7) is 1.26. The normalized spacial score (nSPS) is 29.9. The first-order chi connectivity index (χ1) is 18.7. The maximum Gasteiger partial charge on any atom is 0.270 e. The number of nitrogens with two attached hydrogens (primary N) is 2. The van der Waals surface area contributed by atoms with E-state index in [1.807, 2.05) is 0 Å². The molecule has 0 aliphatic heterocycles. The van der Waals surface area contributed by atoms with Crippen LogP contribution in [-0.2, 0) is 39.7 Å². The number of hydrogen-bond donors (Lipinski definition) is 4. The lowest BCUT2D eigenvalue weighted by molar-refractivity contribution is -0.125. The second kappa shape index (κ2) is 14.2. The summed E-state index contributed by atoms with van der Waals surface area (Å²) in [5, 5.41) is -2.44. The number of primary sulfonamides is 1. The van der Waals surface area contributed by atoms with Crippen molar-refractivity contribution >= 4 is 54.3 Å². The summed E-state index contributed by atoms with van der Waals surface area (Å²) < 4.78 is 157. The van der Waals surface area contributed by atoms with Crippen molar-refractivity contribution in [2.24, 2.45) is 28.1 Å². The number of rotatable bonds is 9. The zero-order chi connectivity index (χ0) is 32.5. The van der Waals surface area contributed by atoms with Crippen molar-refractivity contribution < 1.29 is 65.6 Å². The van der Waals surface area contributed by atoms with E-state index in [9.17, 15) is 65.6 Å². The molecule has 5 saturated carbocycles. The molecule has 2 amide bonds. The molecule has 12 nitrogen and oxygen atoms in total. The standard InChI is InChI=1S/C9H12F3NO3S.C8H11F3N2O3S.C3H6FNO2S.3CH4.ClH/c1-8(4-5(8)6(10)11)7(14)13-17(15,16)9(12)2-3-9;9-5(10)4-3-8(4,12)6(14)13-17(15,16)7(11)1-2-7;4-3(1-2-3)8(5,6)7;;;;/h5-6H,2-4H2,1H3,(H,13,14);4-5H,1-3,12H2,(H,13,14);1-2H2,(H2,5,6,7);3*1H4;1H/t5-,8-;4-,8+;;;;;/m00...../s1. The van der Waals surface area contributed by atoms with Gasteiger partial charge in [0.2, 0.25) is 43.8 Å². The van der Waals surface area contributed by atoms with Crippen LogP contribution in [0.1, 0.15) is 80.6 Å². The summed E-state index contributed by atoms with van der Waals surface area (Å²) >= 11 is 0. The van der Waals surface area contributed by atoms with Crippen LogP contribution in [-0.4, -0.2) is 70.5 Å². The summed E-state index contributed by atoms with van der Waals surface area (Å²) in [4.78, 5) is 23.0. The number of sulfonamides is 3. The minimum absolute atomic E-state index is 0. The fourth-order valence-corrected chi connectivity index (χ4v) is 6.89. The lowest BCUT2D eigenvalue weighted by Crippen LogP contribution is -2.49. The maximum atomic E-state index is 13.4. The summed E-state index contributed by atoms with van der Waals surface area (Å²) in [7, 11) is -12.8. The van der Waals surface area contributed by atoms with Crippen molar-refractivity contribution in [1.82, 2.24) is 9.44 Å². The highest BCUT2D eigenvalue weighted by atomic mass is 35.5. The Hall–Kier alpha value is -1.49. The molecule has 0 saturated heterocycles. The average molecular weight is 767 g/mol. The van der Waals surface area contributed by atoms with Gasteiger partial charge in [-0.25, -0.2) is 70.6 Å². The first-order valence-electron chi connectivity index (χ1n) is 12.3. The van der Waals surface area contributed by atoms with Gasteiger partial charge in [-0.2, -0.15) is 0 Å². The monoisotopic (exact) mass is 766 g/mol. The van der Waals surface area contributed by atoms with Crippen LogP contribution in [0.5, 0.6) is 0 Å². The molecule has 0 spiro atoms. The van der Waals surface area contributed by atoms with E-state index in [1.54, 1.807) is 4.72 Å². The molecule has 5 aliphatic carbocycles. The minimum Gasteiger partial charge on any atom is -0.317 e. The largest absolute Gasteiger partial charge is 0.317 e. The molecule has 0 bridgehead atoms. The molecule has 0 heterocycles. The molecule has 276 valence electrons. The molecule has 0 aromatic rings. The van der Waals surface area contributed by atoms with E-state index in [4.69, 9.17) is 5.73 Å². The Morgan fingerprint density at radius 3 is 1.22 bits per heavy atom. The Morgan fingerprint density at radius 1 is 0.674 bits per heavy atom. The predicted octanol–water partition coefficient (Wildman–Crippen LogP) is 3.12. The van der Waals surface area contributed by atoms with Crippen LogP contribution in [0.2, 0.25) is 0 Å². The Labute approximate surface area is 270 Å². The lowest BCUT2D eigenvalue weighted by Gasteiger charge is -2.14. The fraction of sp³-hybridized carbons (Fsp3) is 0.913. The van der Waals surface area contributed by atoms with Crippen molar-refractivity contribution in [2.75, 3.05) is 0 Å². The van der Waals surface area contributed by atoms with Crippen LogP contribution >= 0.6 is 12.4 Å². The fourth-order valence-electron chi connectivity index (χ4n) is 3.66. The summed E-state index contributed by atoms with van der Waals surface area (Å²) in [5.74, 6) is -4.81. The van der Waals surface area contributed by atoms with E-state index in [2.05, 4.69) is 5.14 Å². The van der Waals surface area contributed by atoms with Gasteiger partial charge in [0.15, 0.2) is 0 Å². The van der Waals surface area contributed by atoms with E-state index >= 15 is 0 Å². The molecule has 5 fully saturated rings. The van der Waals surface area contributed by atoms with Crippen molar-refractivity contribution in [3.05, 3.63) is 0 Å². The number of halogens is 8. The van der Waals surface area contributed by atoms with Crippen LogP contribution in [0.3, 0.4) is 0 Å². The van der Waals surface area contributed by atoms with Crippen LogP contribution in [0, 0.1) is 17.3 Å². The number of carbonyl (C=O) groups excluding carboxylic acids is 2. The number of alkyl halides is 7. The maximum absolute atomic E-state index is 13.4. The highest BCUT2D eigenvalue weighted by Gasteiger charge is 2.65. The second-order valence-corrected chi connectivity index (χ2v) is 17.0. The number of nitrogens with one attached hydrogen (secondary N) is 2. The topological polar surface area (TPSA) is 213 Å². The molecule has 4 atom stereocenters. The zero-order valence-corrected chi connectivity index (χ0v) is 25.4. The molecular formula is C23H42ClF7N4O8S3. The predicted molar refractivity (Wildman–Crippen MR) is 157 cm³/mol. The molecule has 0 radical (unpaired) electrons. The zero-order valence-electron chi connectivity index (χ0n) is 22.2. The number of hydrogen-bond acceptors (Lipinski definition) is 9. The summed E-state index contributed by atoms with van der Waals surface area (Å²) in [5.41, 5.74) is 2.03. The number of carbonyl (C=O) groups is 2. The Bertz CT molecular complexity index is 1380. The third-order valence-electron chi connectivity index (χ3n) is 7.77. The molecule has 6 N–H and O–H groups in total. The van der Waals surface area contributed by atoms with Crippen LogP contribution in [0.25, 0.3) is 0 Å². The van der Waals surface area contributed by atoms with Gasteiger partial charge in [-0.15, -0.1) is 12.4 Å². The Morgan fingerprint density at radius 2 is 1.00 bits per heavy atom. The van der Waals surface area contributed by atoms with E-state index < -0.39 is 92.5 Å². The van der Waals surface area contributed by atoms with E-state index in [0.717, 1.165) is 0 Å². The molecule has 5 rings (SSSR count). The SMILES string of the molecule is C.C.C.C[C@]1(C(=O)NS(=O)(=O)C2(F)CC2)C[C@H]1C(F)F.Cl.NS(=O)(=O)C1(F)CC1.N[C@]1(C(=O)NS(=O)(=O)C2(F)CC2)C[C@H]1C(F)F. The van der Waals surface area contributed by atoms with Crippen molar-refractivity contribution in [3.8, 4) is 0 Å². The first kappa shape index (κ1) is 46.6. The molecule has 46 heavy (non-hydrogen) atoms. The average Bonchev–Trinajstić information content (AvgIpc) is 3.62. The van der Waals surface area contributed by atoms with E-state index in [1.165, 1.54) is 11.6 Å². The Kier molecular flexibility index (Phi) is 14.4. The third kappa shape index (κ3) is 9.35. The quantitative estimate of drug-likeness (QED) is 0.254. The summed E-state index contributed by atoms with van der Waals surface area (Å²) in [6, 6.07) is 0. The van der Waals surface area contributed by atoms with Gasteiger partial charge in [0.1, 0.15) is 5.54 Å². The van der Waals surface area contributed by atoms with Crippen molar-refractivity contribution in [2.45, 2.75) is 114 Å².